The zero-order chi connectivity index (χ0) is 27.6. The molecule has 13 heteroatoms. The van der Waals surface area contributed by atoms with E-state index in [0.717, 1.165) is 0 Å². The first kappa shape index (κ1) is 29.5. The first-order chi connectivity index (χ1) is 17.0. The molecule has 0 aliphatic heterocycles. The second kappa shape index (κ2) is 11.0. The average molecular weight is 580 g/mol. The van der Waals surface area contributed by atoms with E-state index in [4.69, 9.17) is 17.1 Å². The van der Waals surface area contributed by atoms with Crippen molar-refractivity contribution in [1.82, 2.24) is 15.0 Å². The van der Waals surface area contributed by atoms with Crippen LogP contribution in [0.1, 0.15) is 6.42 Å². The lowest BCUT2D eigenvalue weighted by Crippen LogP contribution is -2.60. The molecule has 0 amide bonds. The number of benzene rings is 2. The number of phenols is 2. The summed E-state index contributed by atoms with van der Waals surface area (Å²) in [6, 6.07) is 10.9. The van der Waals surface area contributed by atoms with Gasteiger partial charge in [0.15, 0.2) is 42.1 Å². The van der Waals surface area contributed by atoms with E-state index >= 15 is 0 Å². The number of rotatable bonds is 12. The molecule has 0 saturated carbocycles. The number of phenolic OH excluding ortho intramolecular Hbond substituents is 2. The van der Waals surface area contributed by atoms with E-state index in [1.165, 1.54) is 16.9 Å². The largest absolute Gasteiger partial charge is 0.505 e. The van der Waals surface area contributed by atoms with Gasteiger partial charge in [0, 0.05) is 18.2 Å². The summed E-state index contributed by atoms with van der Waals surface area (Å²) < 4.78 is 26.0. The van der Waals surface area contributed by atoms with E-state index < -0.39 is 33.8 Å². The molecular weight excluding hydrogens is 539 g/mol. The number of aromatic hydroxyl groups is 2. The molecule has 1 heterocycles. The number of aromatic nitrogens is 3. The smallest absolute Gasteiger partial charge is 0.469 e. The standard InChI is InChI=1S/C24H41N3O6Si4/c1-34(2,3)31-37(32-35(4,5)6,33-36(7,8)9)16-12-15-30-19-17-22(28)24(23(29)18-19)27-25-20-13-10-11-14-21(20)26-27/h10-11,13-14,17-18,28-29H,12,15-16H2,1-9H3. The predicted octanol–water partition coefficient (Wildman–Crippen LogP) is 6.09. The van der Waals surface area contributed by atoms with Crippen LogP contribution in [0.15, 0.2) is 36.4 Å². The van der Waals surface area contributed by atoms with E-state index in [0.29, 0.717) is 35.9 Å². The van der Waals surface area contributed by atoms with Crippen LogP contribution in [0.4, 0.5) is 0 Å². The molecule has 0 unspecified atom stereocenters. The maximum absolute atomic E-state index is 10.6. The Morgan fingerprint density at radius 2 is 1.16 bits per heavy atom. The highest BCUT2D eigenvalue weighted by Gasteiger charge is 2.49. The topological polar surface area (TPSA) is 108 Å². The zero-order valence-electron chi connectivity index (χ0n) is 23.5. The van der Waals surface area contributed by atoms with Gasteiger partial charge in [-0.3, -0.25) is 0 Å². The van der Waals surface area contributed by atoms with Crippen molar-refractivity contribution in [2.24, 2.45) is 0 Å². The van der Waals surface area contributed by atoms with Crippen molar-refractivity contribution in [2.45, 2.75) is 71.4 Å². The Bertz CT molecular complexity index is 1120. The zero-order valence-corrected chi connectivity index (χ0v) is 27.5. The van der Waals surface area contributed by atoms with Crippen molar-refractivity contribution >= 4 is 44.8 Å². The minimum atomic E-state index is -2.94. The lowest BCUT2D eigenvalue weighted by Gasteiger charge is -2.42. The molecule has 37 heavy (non-hydrogen) atoms. The maximum atomic E-state index is 10.6. The molecule has 0 aliphatic rings. The van der Waals surface area contributed by atoms with Crippen LogP contribution in [0.3, 0.4) is 0 Å². The molecule has 0 saturated heterocycles. The average Bonchev–Trinajstić information content (AvgIpc) is 3.10. The van der Waals surface area contributed by atoms with E-state index in [1.54, 1.807) is 0 Å². The molecule has 0 atom stereocenters. The maximum Gasteiger partial charge on any atom is 0.469 e. The fraction of sp³-hybridized carbons (Fsp3) is 0.500. The normalized spacial score (nSPS) is 13.3. The van der Waals surface area contributed by atoms with Crippen molar-refractivity contribution in [3.8, 4) is 22.9 Å². The Balaban J connectivity index is 1.74. The molecule has 204 valence electrons. The second-order valence-corrected chi connectivity index (χ2v) is 29.1. The molecule has 3 rings (SSSR count). The molecule has 2 N–H and O–H groups in total. The molecule has 1 aromatic heterocycles. The van der Waals surface area contributed by atoms with Gasteiger partial charge in [-0.15, -0.1) is 15.0 Å². The summed E-state index contributed by atoms with van der Waals surface area (Å²) in [5.74, 6) is 0.00141. The molecule has 3 aromatic rings. The van der Waals surface area contributed by atoms with Crippen LogP contribution in [0.5, 0.6) is 17.2 Å². The van der Waals surface area contributed by atoms with Crippen LogP contribution in [0.25, 0.3) is 16.7 Å². The van der Waals surface area contributed by atoms with Crippen LogP contribution in [0.2, 0.25) is 65.0 Å². The van der Waals surface area contributed by atoms with Gasteiger partial charge >= 0.3 is 8.80 Å². The SMILES string of the molecule is C[Si](C)(C)O[Si](CCCOc1cc(O)c(-n2nc3ccccc3n2)c(O)c1)(O[Si](C)(C)C)O[Si](C)(C)C. The molecule has 0 fully saturated rings. The van der Waals surface area contributed by atoms with Gasteiger partial charge in [0.25, 0.3) is 0 Å². The third-order valence-electron chi connectivity index (χ3n) is 4.81. The summed E-state index contributed by atoms with van der Waals surface area (Å²) in [4.78, 5) is 1.23. The summed E-state index contributed by atoms with van der Waals surface area (Å²) >= 11 is 0. The number of ether oxygens (including phenoxy) is 1. The lowest BCUT2D eigenvalue weighted by atomic mass is 10.2. The van der Waals surface area contributed by atoms with Crippen molar-refractivity contribution in [3.63, 3.8) is 0 Å². The van der Waals surface area contributed by atoms with Gasteiger partial charge in [-0.1, -0.05) is 12.1 Å². The summed E-state index contributed by atoms with van der Waals surface area (Å²) in [5.41, 5.74) is 1.43. The molecule has 0 aliphatic carbocycles. The summed E-state index contributed by atoms with van der Waals surface area (Å²) in [6.07, 6.45) is 0.654. The fourth-order valence-corrected chi connectivity index (χ4v) is 18.5. The van der Waals surface area contributed by atoms with Crippen LogP contribution in [-0.2, 0) is 12.3 Å². The second-order valence-electron chi connectivity index (χ2n) is 12.1. The third kappa shape index (κ3) is 8.77. The molecule has 0 bridgehead atoms. The number of fused-ring (bicyclic) bond motifs is 1. The van der Waals surface area contributed by atoms with Gasteiger partial charge in [0.05, 0.1) is 6.61 Å². The first-order valence-corrected chi connectivity index (χ1v) is 24.7. The highest BCUT2D eigenvalue weighted by atomic mass is 28.5. The van der Waals surface area contributed by atoms with Crippen molar-refractivity contribution < 1.29 is 27.3 Å². The van der Waals surface area contributed by atoms with Crippen molar-refractivity contribution in [2.75, 3.05) is 6.61 Å². The number of hydrogen-bond donors (Lipinski definition) is 2. The number of hydrogen-bond acceptors (Lipinski definition) is 8. The van der Waals surface area contributed by atoms with Gasteiger partial charge in [0.1, 0.15) is 16.8 Å². The fourth-order valence-electron chi connectivity index (χ4n) is 3.92. The highest BCUT2D eigenvalue weighted by Crippen LogP contribution is 2.36. The van der Waals surface area contributed by atoms with E-state index in [-0.39, 0.29) is 17.2 Å². The third-order valence-corrected chi connectivity index (χ3v) is 16.9. The molecule has 0 spiro atoms. The van der Waals surface area contributed by atoms with Crippen molar-refractivity contribution in [3.05, 3.63) is 36.4 Å². The van der Waals surface area contributed by atoms with Crippen LogP contribution in [0, 0.1) is 0 Å². The predicted molar refractivity (Wildman–Crippen MR) is 156 cm³/mol. The molecule has 9 nitrogen and oxygen atoms in total. The summed E-state index contributed by atoms with van der Waals surface area (Å²) in [7, 11) is -8.79. The van der Waals surface area contributed by atoms with Crippen LogP contribution in [-0.4, -0.2) is 65.6 Å². The molecule has 0 radical (unpaired) electrons. The first-order valence-electron chi connectivity index (χ1n) is 12.6. The van der Waals surface area contributed by atoms with E-state index in [9.17, 15) is 10.2 Å². The Labute approximate surface area is 224 Å². The molecular formula is C24H41N3O6Si4. The highest BCUT2D eigenvalue weighted by molar-refractivity contribution is 6.90. The van der Waals surface area contributed by atoms with Gasteiger partial charge in [-0.25, -0.2) is 0 Å². The number of nitrogens with zero attached hydrogens (tertiary/aromatic N) is 3. The summed E-state index contributed by atoms with van der Waals surface area (Å²) in [5, 5.41) is 30.0. The minimum absolute atomic E-state index is 0.102. The van der Waals surface area contributed by atoms with Crippen molar-refractivity contribution in [1.29, 1.82) is 0 Å². The summed E-state index contributed by atoms with van der Waals surface area (Å²) in [6.45, 7) is 19.8. The van der Waals surface area contributed by atoms with Crippen LogP contribution >= 0.6 is 0 Å². The van der Waals surface area contributed by atoms with Gasteiger partial charge in [-0.05, 0) is 77.5 Å². The van der Waals surface area contributed by atoms with E-state index in [2.05, 4.69) is 69.1 Å². The van der Waals surface area contributed by atoms with Gasteiger partial charge in [-0.2, -0.15) is 0 Å². The van der Waals surface area contributed by atoms with Gasteiger partial charge < -0.3 is 27.3 Å². The Hall–Kier alpha value is -2.01. The van der Waals surface area contributed by atoms with E-state index in [1.807, 2.05) is 24.3 Å². The quantitative estimate of drug-likeness (QED) is 0.196. The lowest BCUT2D eigenvalue weighted by molar-refractivity contribution is 0.240. The van der Waals surface area contributed by atoms with Crippen LogP contribution < -0.4 is 4.74 Å². The minimum Gasteiger partial charge on any atom is -0.505 e. The van der Waals surface area contributed by atoms with Gasteiger partial charge in [0.2, 0.25) is 0 Å². The Kier molecular flexibility index (Phi) is 8.78. The Morgan fingerprint density at radius 1 is 0.730 bits per heavy atom. The monoisotopic (exact) mass is 579 g/mol. The molecule has 2 aromatic carbocycles. The Morgan fingerprint density at radius 3 is 1.57 bits per heavy atom.